The number of para-hydroxylation sites is 1. The molecule has 4 nitrogen and oxygen atoms in total. The van der Waals surface area contributed by atoms with Crippen molar-refractivity contribution >= 4 is 34.6 Å². The molecule has 0 saturated carbocycles. The van der Waals surface area contributed by atoms with Crippen LogP contribution in [0.4, 0.5) is 11.4 Å². The second-order valence-corrected chi connectivity index (χ2v) is 6.34. The van der Waals surface area contributed by atoms with Gasteiger partial charge in [-0.3, -0.25) is 9.80 Å². The van der Waals surface area contributed by atoms with Crippen LogP contribution in [0.1, 0.15) is 19.4 Å². The molecule has 1 N–H and O–H groups in total. The van der Waals surface area contributed by atoms with Gasteiger partial charge in [-0.25, -0.2) is 5.01 Å². The number of carbonyl (C=O) groups is 1. The van der Waals surface area contributed by atoms with Crippen molar-refractivity contribution in [3.63, 3.8) is 0 Å². The van der Waals surface area contributed by atoms with E-state index in [9.17, 15) is 4.79 Å². The Hall–Kier alpha value is -2.40. The van der Waals surface area contributed by atoms with Gasteiger partial charge in [-0.2, -0.15) is 0 Å². The monoisotopic (exact) mass is 339 g/mol. The predicted molar refractivity (Wildman–Crippen MR) is 102 cm³/mol. The summed E-state index contributed by atoms with van der Waals surface area (Å²) in [5, 5.41) is 7.31. The van der Waals surface area contributed by atoms with E-state index < -0.39 is 0 Å². The van der Waals surface area contributed by atoms with Gasteiger partial charge in [-0.15, -0.1) is 0 Å². The van der Waals surface area contributed by atoms with Gasteiger partial charge in [-0.05, 0) is 48.5 Å². The van der Waals surface area contributed by atoms with E-state index in [4.69, 9.17) is 12.2 Å². The van der Waals surface area contributed by atoms with E-state index in [0.717, 1.165) is 17.8 Å². The van der Waals surface area contributed by atoms with E-state index in [-0.39, 0.29) is 11.8 Å². The Morgan fingerprint density at radius 2 is 1.96 bits per heavy atom. The number of nitrogens with zero attached hydrogens (tertiary/aromatic N) is 2. The summed E-state index contributed by atoms with van der Waals surface area (Å²) < 4.78 is 0. The van der Waals surface area contributed by atoms with Gasteiger partial charge >= 0.3 is 0 Å². The van der Waals surface area contributed by atoms with Crippen molar-refractivity contribution in [3.05, 3.63) is 60.2 Å². The topological polar surface area (TPSA) is 35.6 Å². The van der Waals surface area contributed by atoms with E-state index >= 15 is 0 Å². The summed E-state index contributed by atoms with van der Waals surface area (Å²) in [4.78, 5) is 12.6. The zero-order chi connectivity index (χ0) is 17.1. The Balaban J connectivity index is 1.83. The van der Waals surface area contributed by atoms with Gasteiger partial charge in [0.2, 0.25) is 0 Å². The molecule has 1 aliphatic rings. The number of carbonyl (C=O) groups excluding carboxylic acids is 1. The highest BCUT2D eigenvalue weighted by Gasteiger charge is 2.37. The fourth-order valence-electron chi connectivity index (χ4n) is 2.81. The Labute approximate surface area is 148 Å². The number of aryl methyl sites for hydroxylation is 1. The number of rotatable bonds is 3. The number of benzene rings is 2. The summed E-state index contributed by atoms with van der Waals surface area (Å²) in [7, 11) is 0. The standard InChI is InChI=1S/C19H21N3OS/c1-3-15-8-7-9-16(12-15)20-19(24)21-13-14(2)18(23)22(21)17-10-5-4-6-11-17/h4-12,14H,3,13H2,1-2H3,(H,20,24). The van der Waals surface area contributed by atoms with Gasteiger partial charge in [-0.1, -0.05) is 44.2 Å². The number of thiocarbonyl (C=S) groups is 1. The second-order valence-electron chi connectivity index (χ2n) is 5.95. The fourth-order valence-corrected chi connectivity index (χ4v) is 3.09. The lowest BCUT2D eigenvalue weighted by Gasteiger charge is -2.30. The minimum Gasteiger partial charge on any atom is -0.331 e. The highest BCUT2D eigenvalue weighted by molar-refractivity contribution is 7.80. The lowest BCUT2D eigenvalue weighted by molar-refractivity contribution is -0.120. The average Bonchev–Trinajstić information content (AvgIpc) is 2.91. The van der Waals surface area contributed by atoms with Crippen molar-refractivity contribution in [2.24, 2.45) is 5.92 Å². The molecule has 1 fully saturated rings. The van der Waals surface area contributed by atoms with Gasteiger partial charge in [0, 0.05) is 5.69 Å². The summed E-state index contributed by atoms with van der Waals surface area (Å²) >= 11 is 5.58. The summed E-state index contributed by atoms with van der Waals surface area (Å²) in [5.74, 6) is -0.0282. The van der Waals surface area contributed by atoms with Crippen molar-refractivity contribution in [1.82, 2.24) is 5.01 Å². The molecule has 1 atom stereocenters. The molecule has 0 spiro atoms. The van der Waals surface area contributed by atoms with Crippen molar-refractivity contribution in [1.29, 1.82) is 0 Å². The van der Waals surface area contributed by atoms with E-state index in [1.807, 2.05) is 54.4 Å². The van der Waals surface area contributed by atoms with Crippen LogP contribution in [-0.4, -0.2) is 22.6 Å². The summed E-state index contributed by atoms with van der Waals surface area (Å²) in [6, 6.07) is 17.8. The first-order chi connectivity index (χ1) is 11.6. The molecule has 3 rings (SSSR count). The number of hydrazine groups is 1. The van der Waals surface area contributed by atoms with Crippen LogP contribution in [0.5, 0.6) is 0 Å². The molecule has 0 radical (unpaired) electrons. The summed E-state index contributed by atoms with van der Waals surface area (Å²) in [6.45, 7) is 4.63. The molecule has 124 valence electrons. The minimum atomic E-state index is -0.0908. The molecule has 1 heterocycles. The van der Waals surface area contributed by atoms with Crippen molar-refractivity contribution < 1.29 is 4.79 Å². The molecule has 0 aliphatic carbocycles. The maximum absolute atomic E-state index is 12.6. The highest BCUT2D eigenvalue weighted by Crippen LogP contribution is 2.26. The number of anilines is 2. The molecule has 1 aliphatic heterocycles. The van der Waals surface area contributed by atoms with Gasteiger partial charge < -0.3 is 5.32 Å². The summed E-state index contributed by atoms with van der Waals surface area (Å²) in [5.41, 5.74) is 3.02. The number of nitrogens with one attached hydrogen (secondary N) is 1. The largest absolute Gasteiger partial charge is 0.331 e. The molecule has 0 bridgehead atoms. The molecular formula is C19H21N3OS. The van der Waals surface area contributed by atoms with E-state index in [1.54, 1.807) is 5.01 Å². The Bertz CT molecular complexity index is 747. The van der Waals surface area contributed by atoms with E-state index in [1.165, 1.54) is 5.56 Å². The number of amides is 1. The van der Waals surface area contributed by atoms with Crippen LogP contribution in [0.2, 0.25) is 0 Å². The van der Waals surface area contributed by atoms with Crippen molar-refractivity contribution in [2.45, 2.75) is 20.3 Å². The maximum Gasteiger partial charge on any atom is 0.250 e. The zero-order valence-corrected chi connectivity index (χ0v) is 14.7. The molecule has 2 aromatic rings. The fraction of sp³-hybridized carbons (Fsp3) is 0.263. The second kappa shape index (κ2) is 7.01. The molecule has 1 saturated heterocycles. The third kappa shape index (κ3) is 3.26. The maximum atomic E-state index is 12.6. The molecule has 5 heteroatoms. The van der Waals surface area contributed by atoms with Gasteiger partial charge in [0.05, 0.1) is 18.2 Å². The van der Waals surface area contributed by atoms with Crippen LogP contribution in [0, 0.1) is 5.92 Å². The SMILES string of the molecule is CCc1cccc(NC(=S)N2CC(C)C(=O)N2c2ccccc2)c1. The lowest BCUT2D eigenvalue weighted by Crippen LogP contribution is -2.45. The molecule has 24 heavy (non-hydrogen) atoms. The molecule has 1 unspecified atom stereocenters. The molecule has 1 amide bonds. The Kier molecular flexibility index (Phi) is 4.81. The van der Waals surface area contributed by atoms with Gasteiger partial charge in [0.1, 0.15) is 0 Å². The Morgan fingerprint density at radius 3 is 2.67 bits per heavy atom. The van der Waals surface area contributed by atoms with Crippen LogP contribution in [0.25, 0.3) is 0 Å². The summed E-state index contributed by atoms with van der Waals surface area (Å²) in [6.07, 6.45) is 0.970. The molecule has 0 aromatic heterocycles. The molecule has 2 aromatic carbocycles. The average molecular weight is 339 g/mol. The van der Waals surface area contributed by atoms with Crippen molar-refractivity contribution in [2.75, 3.05) is 16.9 Å². The predicted octanol–water partition coefficient (Wildman–Crippen LogP) is 3.85. The minimum absolute atomic E-state index is 0.0626. The Morgan fingerprint density at radius 1 is 1.21 bits per heavy atom. The quantitative estimate of drug-likeness (QED) is 0.862. The van der Waals surface area contributed by atoms with E-state index in [0.29, 0.717) is 11.7 Å². The van der Waals surface area contributed by atoms with Crippen LogP contribution in [0.3, 0.4) is 0 Å². The van der Waals surface area contributed by atoms with Crippen LogP contribution in [0.15, 0.2) is 54.6 Å². The van der Waals surface area contributed by atoms with Gasteiger partial charge in [0.25, 0.3) is 5.91 Å². The van der Waals surface area contributed by atoms with Crippen molar-refractivity contribution in [3.8, 4) is 0 Å². The zero-order valence-electron chi connectivity index (χ0n) is 13.9. The number of hydrogen-bond donors (Lipinski definition) is 1. The van der Waals surface area contributed by atoms with Gasteiger partial charge in [0.15, 0.2) is 5.11 Å². The molecular weight excluding hydrogens is 318 g/mol. The number of hydrogen-bond acceptors (Lipinski definition) is 2. The third-order valence-electron chi connectivity index (χ3n) is 4.14. The van der Waals surface area contributed by atoms with Crippen LogP contribution < -0.4 is 10.3 Å². The van der Waals surface area contributed by atoms with Crippen LogP contribution in [-0.2, 0) is 11.2 Å². The first-order valence-corrected chi connectivity index (χ1v) is 8.57. The smallest absolute Gasteiger partial charge is 0.250 e. The van der Waals surface area contributed by atoms with E-state index in [2.05, 4.69) is 24.4 Å². The third-order valence-corrected chi connectivity index (χ3v) is 4.45. The first-order valence-electron chi connectivity index (χ1n) is 8.16. The highest BCUT2D eigenvalue weighted by atomic mass is 32.1. The van der Waals surface area contributed by atoms with Crippen LogP contribution >= 0.6 is 12.2 Å². The lowest BCUT2D eigenvalue weighted by atomic mass is 10.1. The normalized spacial score (nSPS) is 17.2. The first kappa shape index (κ1) is 16.5.